The molecular weight excluding hydrogens is 346 g/mol. The van der Waals surface area contributed by atoms with Crippen molar-refractivity contribution in [2.45, 2.75) is 26.4 Å². The molecule has 0 saturated carbocycles. The third-order valence-corrected chi connectivity index (χ3v) is 4.86. The van der Waals surface area contributed by atoms with Gasteiger partial charge < -0.3 is 4.90 Å². The summed E-state index contributed by atoms with van der Waals surface area (Å²) in [7, 11) is 0. The molecule has 1 aliphatic heterocycles. The number of aryl methyl sites for hydroxylation is 1. The van der Waals surface area contributed by atoms with E-state index in [4.69, 9.17) is 11.6 Å². The molecule has 0 bridgehead atoms. The highest BCUT2D eigenvalue weighted by atomic mass is 35.5. The molecule has 1 atom stereocenters. The Bertz CT molecular complexity index is 812. The lowest BCUT2D eigenvalue weighted by molar-refractivity contribution is -0.125. The number of carbonyl (C=O) groups excluding carboxylic acids is 1. The maximum atomic E-state index is 13.9. The Morgan fingerprint density at radius 2 is 1.92 bits per heavy atom. The second-order valence-corrected chi connectivity index (χ2v) is 6.74. The Balaban J connectivity index is 1.77. The number of nitrogens with zero attached hydrogens (tertiary/aromatic N) is 2. The Hall–Kier alpha value is -1.98. The molecule has 1 saturated heterocycles. The van der Waals surface area contributed by atoms with Crippen LogP contribution in [-0.2, 0) is 11.3 Å². The fourth-order valence-corrected chi connectivity index (χ4v) is 3.39. The van der Waals surface area contributed by atoms with Crippen molar-refractivity contribution >= 4 is 23.2 Å². The Kier molecular flexibility index (Phi) is 5.06. The van der Waals surface area contributed by atoms with Crippen LogP contribution in [0.25, 0.3) is 0 Å². The molecule has 0 radical (unpaired) electrons. The molecule has 0 N–H and O–H groups in total. The second kappa shape index (κ2) is 7.10. The first-order valence-corrected chi connectivity index (χ1v) is 8.50. The average Bonchev–Trinajstić information content (AvgIpc) is 2.55. The highest BCUT2D eigenvalue weighted by Gasteiger charge is 2.33. The largest absolute Gasteiger partial charge is 0.310 e. The summed E-state index contributed by atoms with van der Waals surface area (Å²) in [5.74, 6) is -1.23. The van der Waals surface area contributed by atoms with Gasteiger partial charge in [-0.15, -0.1) is 0 Å². The summed E-state index contributed by atoms with van der Waals surface area (Å²) in [5.41, 5.74) is 2.16. The molecule has 1 unspecified atom stereocenters. The molecule has 25 heavy (non-hydrogen) atoms. The highest BCUT2D eigenvalue weighted by molar-refractivity contribution is 6.30. The summed E-state index contributed by atoms with van der Waals surface area (Å²) >= 11 is 5.99. The van der Waals surface area contributed by atoms with Crippen LogP contribution in [-0.4, -0.2) is 29.9 Å². The second-order valence-electron chi connectivity index (χ2n) is 6.30. The molecule has 2 aromatic rings. The van der Waals surface area contributed by atoms with E-state index in [-0.39, 0.29) is 12.5 Å². The first-order chi connectivity index (χ1) is 11.9. The van der Waals surface area contributed by atoms with Crippen LogP contribution in [0.15, 0.2) is 36.4 Å². The van der Waals surface area contributed by atoms with Crippen LogP contribution in [0.5, 0.6) is 0 Å². The smallest absolute Gasteiger partial charge is 0.244 e. The van der Waals surface area contributed by atoms with Gasteiger partial charge in [-0.1, -0.05) is 17.7 Å². The monoisotopic (exact) mass is 364 g/mol. The van der Waals surface area contributed by atoms with Gasteiger partial charge >= 0.3 is 0 Å². The molecule has 0 aliphatic carbocycles. The zero-order valence-electron chi connectivity index (χ0n) is 14.1. The summed E-state index contributed by atoms with van der Waals surface area (Å²) in [5, 5.41) is 0.632. The van der Waals surface area contributed by atoms with Crippen LogP contribution in [0.4, 0.5) is 14.5 Å². The van der Waals surface area contributed by atoms with E-state index in [0.717, 1.165) is 17.3 Å². The quantitative estimate of drug-likeness (QED) is 0.816. The molecule has 2 aromatic carbocycles. The van der Waals surface area contributed by atoms with Crippen molar-refractivity contribution in [1.82, 2.24) is 4.90 Å². The topological polar surface area (TPSA) is 23.6 Å². The number of hydrogen-bond acceptors (Lipinski definition) is 2. The maximum Gasteiger partial charge on any atom is 0.244 e. The molecule has 0 aromatic heterocycles. The van der Waals surface area contributed by atoms with Gasteiger partial charge in [0.25, 0.3) is 0 Å². The molecule has 6 heteroatoms. The number of benzene rings is 2. The Labute approximate surface area is 150 Å². The molecule has 1 amide bonds. The highest BCUT2D eigenvalue weighted by Crippen LogP contribution is 2.27. The van der Waals surface area contributed by atoms with Gasteiger partial charge in [-0.3, -0.25) is 9.69 Å². The van der Waals surface area contributed by atoms with Gasteiger partial charge in [-0.2, -0.15) is 0 Å². The first kappa shape index (κ1) is 17.8. The van der Waals surface area contributed by atoms with Crippen molar-refractivity contribution in [3.63, 3.8) is 0 Å². The zero-order chi connectivity index (χ0) is 18.1. The normalized spacial score (nSPS) is 18.7. The molecule has 3 rings (SSSR count). The van der Waals surface area contributed by atoms with Gasteiger partial charge in [0.1, 0.15) is 11.6 Å². The standard InChI is InChI=1S/C19H19ClF2N2O/c1-12-9-15(20)4-6-18(12)24-8-7-23(13(2)19(24)25)11-14-3-5-16(21)10-17(14)22/h3-6,9-10,13H,7-8,11H2,1-2H3. The van der Waals surface area contributed by atoms with Gasteiger partial charge in [0, 0.05) is 42.0 Å². The third kappa shape index (κ3) is 3.67. The van der Waals surface area contributed by atoms with E-state index in [9.17, 15) is 13.6 Å². The van der Waals surface area contributed by atoms with Crippen LogP contribution in [0.1, 0.15) is 18.1 Å². The van der Waals surface area contributed by atoms with Gasteiger partial charge in [-0.05, 0) is 43.7 Å². The van der Waals surface area contributed by atoms with E-state index in [1.54, 1.807) is 17.9 Å². The SMILES string of the molecule is Cc1cc(Cl)ccc1N1CCN(Cc2ccc(F)cc2F)C(C)C1=O. The van der Waals surface area contributed by atoms with Crippen LogP contribution in [0, 0.1) is 18.6 Å². The van der Waals surface area contributed by atoms with Gasteiger partial charge in [0.15, 0.2) is 0 Å². The van der Waals surface area contributed by atoms with E-state index in [2.05, 4.69) is 0 Å². The van der Waals surface area contributed by atoms with Gasteiger partial charge in [0.2, 0.25) is 5.91 Å². The summed E-state index contributed by atoms with van der Waals surface area (Å²) in [4.78, 5) is 16.4. The molecule has 1 heterocycles. The minimum absolute atomic E-state index is 0.0424. The van der Waals surface area contributed by atoms with E-state index < -0.39 is 17.7 Å². The Morgan fingerprint density at radius 3 is 2.60 bits per heavy atom. The van der Waals surface area contributed by atoms with Crippen LogP contribution >= 0.6 is 11.6 Å². The van der Waals surface area contributed by atoms with Gasteiger partial charge in [-0.25, -0.2) is 8.78 Å². The van der Waals surface area contributed by atoms with E-state index in [0.29, 0.717) is 23.7 Å². The van der Waals surface area contributed by atoms with Crippen molar-refractivity contribution < 1.29 is 13.6 Å². The lowest BCUT2D eigenvalue weighted by Crippen LogP contribution is -2.55. The van der Waals surface area contributed by atoms with Gasteiger partial charge in [0.05, 0.1) is 6.04 Å². The lowest BCUT2D eigenvalue weighted by Gasteiger charge is -2.39. The predicted molar refractivity (Wildman–Crippen MR) is 94.8 cm³/mol. The lowest BCUT2D eigenvalue weighted by atomic mass is 10.1. The fraction of sp³-hybridized carbons (Fsp3) is 0.316. The van der Waals surface area contributed by atoms with E-state index >= 15 is 0 Å². The maximum absolute atomic E-state index is 13.9. The third-order valence-electron chi connectivity index (χ3n) is 4.62. The molecule has 132 valence electrons. The van der Waals surface area contributed by atoms with E-state index in [1.165, 1.54) is 12.1 Å². The van der Waals surface area contributed by atoms with Crippen molar-refractivity contribution in [3.8, 4) is 0 Å². The molecule has 0 spiro atoms. The number of hydrogen-bond donors (Lipinski definition) is 0. The van der Waals surface area contributed by atoms with Crippen LogP contribution < -0.4 is 4.90 Å². The minimum Gasteiger partial charge on any atom is -0.310 e. The minimum atomic E-state index is -0.603. The van der Waals surface area contributed by atoms with Crippen molar-refractivity contribution in [1.29, 1.82) is 0 Å². The summed E-state index contributed by atoms with van der Waals surface area (Å²) in [6.07, 6.45) is 0. The number of piperazine rings is 1. The summed E-state index contributed by atoms with van der Waals surface area (Å²) < 4.78 is 26.9. The number of carbonyl (C=O) groups is 1. The van der Waals surface area contributed by atoms with Crippen LogP contribution in [0.2, 0.25) is 5.02 Å². The molecule has 3 nitrogen and oxygen atoms in total. The average molecular weight is 365 g/mol. The number of rotatable bonds is 3. The zero-order valence-corrected chi connectivity index (χ0v) is 14.9. The van der Waals surface area contributed by atoms with E-state index in [1.807, 2.05) is 24.0 Å². The number of halogens is 3. The fourth-order valence-electron chi connectivity index (χ4n) is 3.16. The first-order valence-electron chi connectivity index (χ1n) is 8.12. The Morgan fingerprint density at radius 1 is 1.16 bits per heavy atom. The molecule has 1 aliphatic rings. The van der Waals surface area contributed by atoms with Crippen molar-refractivity contribution in [3.05, 3.63) is 64.2 Å². The number of anilines is 1. The molecular formula is C19H19ClF2N2O. The number of amides is 1. The van der Waals surface area contributed by atoms with Crippen molar-refractivity contribution in [2.75, 3.05) is 18.0 Å². The van der Waals surface area contributed by atoms with Crippen LogP contribution in [0.3, 0.4) is 0 Å². The van der Waals surface area contributed by atoms with Crippen molar-refractivity contribution in [2.24, 2.45) is 0 Å². The predicted octanol–water partition coefficient (Wildman–Crippen LogP) is 4.16. The molecule has 1 fully saturated rings. The summed E-state index contributed by atoms with van der Waals surface area (Å²) in [6, 6.07) is 8.58. The summed E-state index contributed by atoms with van der Waals surface area (Å²) in [6.45, 7) is 5.10.